The molecule has 8 heteroatoms. The third-order valence-corrected chi connectivity index (χ3v) is 5.09. The summed E-state index contributed by atoms with van der Waals surface area (Å²) in [5.74, 6) is -0.793. The van der Waals surface area contributed by atoms with Gasteiger partial charge in [0.2, 0.25) is 17.7 Å². The summed E-state index contributed by atoms with van der Waals surface area (Å²) in [7, 11) is 1.36. The fourth-order valence-electron chi connectivity index (χ4n) is 3.62. The number of amides is 3. The molecular weight excluding hydrogens is 338 g/mol. The molecule has 0 radical (unpaired) electrons. The van der Waals surface area contributed by atoms with Crippen LogP contribution in [0.4, 0.5) is 0 Å². The molecule has 0 aromatic carbocycles. The van der Waals surface area contributed by atoms with Gasteiger partial charge in [-0.15, -0.1) is 0 Å². The number of carbonyl (C=O) groups excluding carboxylic acids is 4. The molecule has 0 spiro atoms. The van der Waals surface area contributed by atoms with Gasteiger partial charge in [0.25, 0.3) is 0 Å². The predicted molar refractivity (Wildman–Crippen MR) is 91.2 cm³/mol. The van der Waals surface area contributed by atoms with Gasteiger partial charge in [-0.1, -0.05) is 0 Å². The molecule has 0 unspecified atom stereocenters. The van der Waals surface area contributed by atoms with E-state index in [1.807, 2.05) is 16.8 Å². The monoisotopic (exact) mass is 361 g/mol. The Morgan fingerprint density at radius 1 is 1.15 bits per heavy atom. The maximum atomic E-state index is 12.4. The standard InChI is InChI=1S/C18H23N3O5/c1-26-18(25)14-3-2-9-20(14)13-6-10-19(11-7-13)15(22)8-12-21-16(23)4-5-17(21)24/h2-3,9,13H,4-8,10-12H2,1H3. The zero-order chi connectivity index (χ0) is 18.7. The van der Waals surface area contributed by atoms with Crippen molar-refractivity contribution in [2.24, 2.45) is 0 Å². The van der Waals surface area contributed by atoms with E-state index in [2.05, 4.69) is 0 Å². The highest BCUT2D eigenvalue weighted by atomic mass is 16.5. The first kappa shape index (κ1) is 18.2. The zero-order valence-corrected chi connectivity index (χ0v) is 14.8. The van der Waals surface area contributed by atoms with Crippen LogP contribution in [0.3, 0.4) is 0 Å². The van der Waals surface area contributed by atoms with Gasteiger partial charge in [0.05, 0.1) is 7.11 Å². The molecule has 0 saturated carbocycles. The number of esters is 1. The minimum absolute atomic E-state index is 0.0448. The van der Waals surface area contributed by atoms with Crippen LogP contribution in [0, 0.1) is 0 Å². The lowest BCUT2D eigenvalue weighted by Crippen LogP contribution is -2.41. The first-order valence-corrected chi connectivity index (χ1v) is 8.87. The molecule has 2 aliphatic heterocycles. The smallest absolute Gasteiger partial charge is 0.354 e. The van der Waals surface area contributed by atoms with Crippen molar-refractivity contribution in [1.29, 1.82) is 0 Å². The Hall–Kier alpha value is -2.64. The van der Waals surface area contributed by atoms with Gasteiger partial charge in [0.1, 0.15) is 5.69 Å². The highest BCUT2D eigenvalue weighted by Crippen LogP contribution is 2.25. The number of imide groups is 1. The molecule has 3 heterocycles. The number of likely N-dealkylation sites (tertiary alicyclic amines) is 2. The first-order valence-electron chi connectivity index (χ1n) is 8.87. The van der Waals surface area contributed by atoms with E-state index in [0.29, 0.717) is 18.8 Å². The summed E-state index contributed by atoms with van der Waals surface area (Å²) >= 11 is 0. The number of piperidine rings is 1. The van der Waals surface area contributed by atoms with Crippen LogP contribution >= 0.6 is 0 Å². The number of carbonyl (C=O) groups is 4. The molecule has 0 atom stereocenters. The van der Waals surface area contributed by atoms with Crippen LogP contribution in [0.15, 0.2) is 18.3 Å². The number of rotatable bonds is 5. The van der Waals surface area contributed by atoms with E-state index in [-0.39, 0.29) is 55.5 Å². The maximum Gasteiger partial charge on any atom is 0.354 e. The summed E-state index contributed by atoms with van der Waals surface area (Å²) in [6.45, 7) is 1.34. The van der Waals surface area contributed by atoms with Crippen molar-refractivity contribution >= 4 is 23.7 Å². The molecule has 26 heavy (non-hydrogen) atoms. The largest absolute Gasteiger partial charge is 0.464 e. The van der Waals surface area contributed by atoms with Crippen LogP contribution in [-0.2, 0) is 19.1 Å². The Morgan fingerprint density at radius 3 is 2.42 bits per heavy atom. The van der Waals surface area contributed by atoms with Crippen LogP contribution < -0.4 is 0 Å². The zero-order valence-electron chi connectivity index (χ0n) is 14.8. The third-order valence-electron chi connectivity index (χ3n) is 5.09. The normalized spacial score (nSPS) is 18.5. The molecule has 2 saturated heterocycles. The van der Waals surface area contributed by atoms with E-state index in [1.165, 1.54) is 12.0 Å². The van der Waals surface area contributed by atoms with E-state index in [4.69, 9.17) is 4.74 Å². The molecule has 1 aromatic heterocycles. The SMILES string of the molecule is COC(=O)c1cccn1C1CCN(C(=O)CCN2C(=O)CCC2=O)CC1. The molecular formula is C18H23N3O5. The van der Waals surface area contributed by atoms with Crippen molar-refractivity contribution in [3.8, 4) is 0 Å². The number of ether oxygens (including phenoxy) is 1. The van der Waals surface area contributed by atoms with Crippen LogP contribution in [-0.4, -0.2) is 64.8 Å². The van der Waals surface area contributed by atoms with E-state index in [9.17, 15) is 19.2 Å². The van der Waals surface area contributed by atoms with Crippen molar-refractivity contribution in [3.63, 3.8) is 0 Å². The molecule has 2 fully saturated rings. The second kappa shape index (κ2) is 7.72. The molecule has 1 aromatic rings. The first-order chi connectivity index (χ1) is 12.5. The summed E-state index contributed by atoms with van der Waals surface area (Å²) in [4.78, 5) is 50.3. The van der Waals surface area contributed by atoms with Crippen LogP contribution in [0.25, 0.3) is 0 Å². The van der Waals surface area contributed by atoms with Gasteiger partial charge in [0.15, 0.2) is 0 Å². The minimum atomic E-state index is -0.367. The molecule has 3 rings (SSSR count). The van der Waals surface area contributed by atoms with Gasteiger partial charge in [-0.25, -0.2) is 4.79 Å². The Kier molecular flexibility index (Phi) is 5.39. The number of nitrogens with zero attached hydrogens (tertiary/aromatic N) is 3. The average Bonchev–Trinajstić information content (AvgIpc) is 3.26. The van der Waals surface area contributed by atoms with Crippen molar-refractivity contribution in [3.05, 3.63) is 24.0 Å². The lowest BCUT2D eigenvalue weighted by atomic mass is 10.0. The van der Waals surface area contributed by atoms with Crippen molar-refractivity contribution in [2.75, 3.05) is 26.7 Å². The maximum absolute atomic E-state index is 12.4. The Balaban J connectivity index is 1.51. The van der Waals surface area contributed by atoms with Gasteiger partial charge in [0, 0.05) is 51.1 Å². The van der Waals surface area contributed by atoms with Gasteiger partial charge < -0.3 is 14.2 Å². The summed E-state index contributed by atoms with van der Waals surface area (Å²) in [5.41, 5.74) is 0.517. The molecule has 0 aliphatic carbocycles. The van der Waals surface area contributed by atoms with Crippen molar-refractivity contribution in [2.45, 2.75) is 38.1 Å². The topological polar surface area (TPSA) is 88.9 Å². The summed E-state index contributed by atoms with van der Waals surface area (Å²) in [6, 6.07) is 3.69. The van der Waals surface area contributed by atoms with E-state index in [0.717, 1.165) is 12.8 Å². The second-order valence-corrected chi connectivity index (χ2v) is 6.59. The molecule has 0 N–H and O–H groups in total. The van der Waals surface area contributed by atoms with Crippen molar-refractivity contribution < 1.29 is 23.9 Å². The summed E-state index contributed by atoms with van der Waals surface area (Å²) in [6.07, 6.45) is 4.01. The fraction of sp³-hybridized carbons (Fsp3) is 0.556. The Bertz CT molecular complexity index is 702. The Morgan fingerprint density at radius 2 is 1.81 bits per heavy atom. The number of hydrogen-bond donors (Lipinski definition) is 0. The molecule has 0 bridgehead atoms. The van der Waals surface area contributed by atoms with E-state index < -0.39 is 0 Å². The third kappa shape index (κ3) is 3.63. The highest BCUT2D eigenvalue weighted by Gasteiger charge is 2.30. The number of methoxy groups -OCH3 is 1. The minimum Gasteiger partial charge on any atom is -0.464 e. The van der Waals surface area contributed by atoms with Crippen LogP contribution in [0.2, 0.25) is 0 Å². The van der Waals surface area contributed by atoms with Gasteiger partial charge in [-0.3, -0.25) is 19.3 Å². The van der Waals surface area contributed by atoms with Gasteiger partial charge in [-0.05, 0) is 25.0 Å². The van der Waals surface area contributed by atoms with Gasteiger partial charge >= 0.3 is 5.97 Å². The van der Waals surface area contributed by atoms with E-state index in [1.54, 1.807) is 11.0 Å². The van der Waals surface area contributed by atoms with E-state index >= 15 is 0 Å². The number of aromatic nitrogens is 1. The molecule has 140 valence electrons. The molecule has 8 nitrogen and oxygen atoms in total. The highest BCUT2D eigenvalue weighted by molar-refractivity contribution is 6.02. The summed E-state index contributed by atoms with van der Waals surface area (Å²) < 4.78 is 6.71. The van der Waals surface area contributed by atoms with Gasteiger partial charge in [-0.2, -0.15) is 0 Å². The predicted octanol–water partition coefficient (Wildman–Crippen LogP) is 0.977. The van der Waals surface area contributed by atoms with Crippen molar-refractivity contribution in [1.82, 2.24) is 14.4 Å². The Labute approximate surface area is 151 Å². The lowest BCUT2D eigenvalue weighted by Gasteiger charge is -2.33. The fourth-order valence-corrected chi connectivity index (χ4v) is 3.62. The van der Waals surface area contributed by atoms with Crippen LogP contribution in [0.5, 0.6) is 0 Å². The molecule has 3 amide bonds. The lowest BCUT2D eigenvalue weighted by molar-refractivity contribution is -0.139. The number of hydrogen-bond acceptors (Lipinski definition) is 5. The summed E-state index contributed by atoms with van der Waals surface area (Å²) in [5, 5.41) is 0. The average molecular weight is 361 g/mol. The van der Waals surface area contributed by atoms with Crippen LogP contribution in [0.1, 0.15) is 48.6 Å². The molecule has 2 aliphatic rings. The second-order valence-electron chi connectivity index (χ2n) is 6.59. The quantitative estimate of drug-likeness (QED) is 0.576.